The Balaban J connectivity index is 1.29. The fourth-order valence-electron chi connectivity index (χ4n) is 7.67. The van der Waals surface area contributed by atoms with Crippen molar-refractivity contribution >= 4 is 55.4 Å². The third-order valence-electron chi connectivity index (χ3n) is 9.83. The molecule has 6 aromatic rings. The van der Waals surface area contributed by atoms with Crippen LogP contribution < -0.4 is 10.0 Å². The zero-order valence-electron chi connectivity index (χ0n) is 29.5. The Morgan fingerprint density at radius 3 is 2.50 bits per heavy atom. The molecule has 0 spiro atoms. The first-order valence-electron chi connectivity index (χ1n) is 17.0. The van der Waals surface area contributed by atoms with Crippen LogP contribution >= 0.6 is 11.6 Å². The predicted octanol–water partition coefficient (Wildman–Crippen LogP) is 6.40. The predicted molar refractivity (Wildman–Crippen MR) is 191 cm³/mol. The maximum absolute atomic E-state index is 15.4. The number of H-pyrrole nitrogens is 1. The van der Waals surface area contributed by atoms with E-state index in [1.807, 2.05) is 0 Å². The van der Waals surface area contributed by atoms with Gasteiger partial charge in [-0.3, -0.25) is 18.9 Å². The smallest absolute Gasteiger partial charge is 0.293 e. The van der Waals surface area contributed by atoms with Gasteiger partial charge in [0, 0.05) is 42.8 Å². The molecule has 3 atom stereocenters. The molecule has 1 unspecified atom stereocenters. The number of hydrogen-bond acceptors (Lipinski definition) is 8. The summed E-state index contributed by atoms with van der Waals surface area (Å²) in [7, 11) is -0.832. The van der Waals surface area contributed by atoms with Crippen LogP contribution in [0, 0.1) is 17.6 Å². The molecule has 2 aliphatic rings. The van der Waals surface area contributed by atoms with Crippen molar-refractivity contribution in [1.29, 1.82) is 0 Å². The van der Waals surface area contributed by atoms with Crippen molar-refractivity contribution in [3.8, 4) is 11.1 Å². The van der Waals surface area contributed by atoms with Crippen LogP contribution in [-0.4, -0.2) is 62.2 Å². The molecule has 2 aliphatic carbocycles. The minimum absolute atomic E-state index is 0.0283. The second-order valence-electron chi connectivity index (χ2n) is 13.9. The molecule has 4 heterocycles. The van der Waals surface area contributed by atoms with Gasteiger partial charge in [0.15, 0.2) is 11.5 Å². The highest BCUT2D eigenvalue weighted by Gasteiger charge is 2.67. The van der Waals surface area contributed by atoms with Crippen molar-refractivity contribution in [3.63, 3.8) is 0 Å². The van der Waals surface area contributed by atoms with Gasteiger partial charge in [-0.05, 0) is 48.6 Å². The fourth-order valence-corrected chi connectivity index (χ4v) is 8.40. The lowest BCUT2D eigenvalue weighted by Crippen LogP contribution is -2.35. The first-order valence-corrected chi connectivity index (χ1v) is 19.2. The Morgan fingerprint density at radius 2 is 1.82 bits per heavy atom. The number of anilines is 1. The number of aryl methyl sites for hydroxylation is 1. The summed E-state index contributed by atoms with van der Waals surface area (Å²) >= 11 is 6.60. The van der Waals surface area contributed by atoms with E-state index in [4.69, 9.17) is 21.3 Å². The molecule has 1 amide bonds. The summed E-state index contributed by atoms with van der Waals surface area (Å²) in [6.45, 7) is -0.845. The molecule has 21 heteroatoms. The first kappa shape index (κ1) is 37.7. The molecule has 0 radical (unpaired) electrons. The summed E-state index contributed by atoms with van der Waals surface area (Å²) in [5, 5.41) is 11.2. The van der Waals surface area contributed by atoms with Crippen LogP contribution in [0.4, 0.5) is 32.2 Å². The summed E-state index contributed by atoms with van der Waals surface area (Å²) in [5.41, 5.74) is -0.165. The normalized spacial score (nSPS) is 17.8. The Morgan fingerprint density at radius 1 is 1.09 bits per heavy atom. The van der Waals surface area contributed by atoms with Crippen LogP contribution in [0.1, 0.15) is 58.8 Å². The molecular weight excluding hydrogens is 792 g/mol. The zero-order valence-corrected chi connectivity index (χ0v) is 31.0. The summed E-state index contributed by atoms with van der Waals surface area (Å²) in [5.74, 6) is -7.95. The Hall–Kier alpha value is -5.21. The van der Waals surface area contributed by atoms with E-state index in [9.17, 15) is 30.8 Å². The van der Waals surface area contributed by atoms with Gasteiger partial charge in [-0.2, -0.15) is 19.0 Å². The molecule has 1 saturated carbocycles. The van der Waals surface area contributed by atoms with Gasteiger partial charge in [-0.1, -0.05) is 17.7 Å². The van der Waals surface area contributed by atoms with Gasteiger partial charge in [-0.15, -0.1) is 0 Å². The van der Waals surface area contributed by atoms with Crippen LogP contribution in [0.2, 0.25) is 5.02 Å². The van der Waals surface area contributed by atoms with Crippen molar-refractivity contribution in [1.82, 2.24) is 39.8 Å². The van der Waals surface area contributed by atoms with Gasteiger partial charge in [0.1, 0.15) is 42.0 Å². The van der Waals surface area contributed by atoms with E-state index < -0.39 is 75.7 Å². The highest BCUT2D eigenvalue weighted by molar-refractivity contribution is 7.92. The van der Waals surface area contributed by atoms with Crippen molar-refractivity contribution in [3.05, 3.63) is 87.1 Å². The monoisotopic (exact) mass is 821 g/mol. The lowest BCUT2D eigenvalue weighted by Gasteiger charge is -2.23. The average Bonchev–Trinajstić information content (AvgIpc) is 3.37. The molecule has 13 nitrogen and oxygen atoms in total. The molecule has 294 valence electrons. The van der Waals surface area contributed by atoms with E-state index >= 15 is 8.78 Å². The van der Waals surface area contributed by atoms with Crippen LogP contribution in [0.25, 0.3) is 33.2 Å². The third-order valence-corrected chi connectivity index (χ3v) is 10.7. The van der Waals surface area contributed by atoms with Crippen LogP contribution in [0.5, 0.6) is 0 Å². The molecule has 0 bridgehead atoms. The molecule has 56 heavy (non-hydrogen) atoms. The summed E-state index contributed by atoms with van der Waals surface area (Å²) < 4.78 is 122. The average molecular weight is 822 g/mol. The lowest BCUT2D eigenvalue weighted by molar-refractivity contribution is -0.123. The number of fused-ring (bicyclic) bond motifs is 5. The number of ether oxygens (including phenoxy) is 1. The number of nitrogens with zero attached hydrogens (tertiary/aromatic N) is 6. The van der Waals surface area contributed by atoms with Gasteiger partial charge >= 0.3 is 0 Å². The van der Waals surface area contributed by atoms with E-state index in [0.29, 0.717) is 33.2 Å². The molecule has 8 rings (SSSR count). The number of hydrogen-bond donors (Lipinski definition) is 3. The van der Waals surface area contributed by atoms with Crippen molar-refractivity contribution in [2.45, 2.75) is 50.3 Å². The number of pyridine rings is 1. The topological polar surface area (TPSA) is 162 Å². The number of methoxy groups -OCH3 is 1. The number of nitrogens with one attached hydrogen (secondary N) is 3. The number of imidazole rings is 1. The van der Waals surface area contributed by atoms with Crippen LogP contribution in [-0.2, 0) is 52.1 Å². The SMILES string of the molecule is COCc1nc2nc([C@H](Cc3cc(F)cc(F)c3)NC(=O)Cn3nc(C(F)F)c4c3C(F)(F)C3C[C@H]43)c(-c3ccc(Cl)c4c(NS(C)(=O)=O)nn(C)c34)cc2[nH]1. The molecule has 0 saturated heterocycles. The largest absolute Gasteiger partial charge is 0.377 e. The van der Waals surface area contributed by atoms with Gasteiger partial charge < -0.3 is 15.0 Å². The van der Waals surface area contributed by atoms with Crippen molar-refractivity contribution in [2.75, 3.05) is 18.1 Å². The number of halogens is 7. The van der Waals surface area contributed by atoms with Gasteiger partial charge in [0.05, 0.1) is 39.4 Å². The number of aromatic amines is 1. The summed E-state index contributed by atoms with van der Waals surface area (Å²) in [4.78, 5) is 26.3. The molecule has 3 N–H and O–H groups in total. The summed E-state index contributed by atoms with van der Waals surface area (Å²) in [6.07, 6.45) is -2.51. The number of amides is 1. The second-order valence-corrected chi connectivity index (χ2v) is 16.0. The Labute approximate surface area is 318 Å². The summed E-state index contributed by atoms with van der Waals surface area (Å²) in [6, 6.07) is 6.18. The van der Waals surface area contributed by atoms with Crippen molar-refractivity contribution in [2.24, 2.45) is 13.0 Å². The van der Waals surface area contributed by atoms with E-state index in [-0.39, 0.29) is 63.7 Å². The number of sulfonamides is 1. The maximum atomic E-state index is 15.4. The number of carbonyl (C=O) groups is 1. The fraction of sp³-hybridized carbons (Fsp3) is 0.343. The maximum Gasteiger partial charge on any atom is 0.293 e. The Bertz CT molecular complexity index is 2680. The Kier molecular flexibility index (Phi) is 9.07. The van der Waals surface area contributed by atoms with E-state index in [1.165, 1.54) is 17.9 Å². The van der Waals surface area contributed by atoms with Crippen molar-refractivity contribution < 1.29 is 44.3 Å². The number of alkyl halides is 4. The standard InChI is InChI=1S/C35H30ClF6N9O4S/c1-50-30-17(4-5-21(36)27(30)34(48-50)49-56(3,53)54)18-11-23-33(45-24(43-23)13-55-2)46-28(18)22(8-14-6-15(37)9-16(38)7-14)44-25(52)12-51-31-26(29(47-51)32(39)40)19-10-20(19)35(31,41)42/h4-7,9,11,19-20,22,32H,8,10,12-13H2,1-3H3,(H,44,52)(H,48,49)(H,43,45,46)/t19-,20?,22-/m0/s1. The lowest BCUT2D eigenvalue weighted by atomic mass is 9.94. The number of benzene rings is 2. The molecule has 0 aliphatic heterocycles. The van der Waals surface area contributed by atoms with Gasteiger partial charge in [0.2, 0.25) is 15.9 Å². The number of aromatic nitrogens is 7. The zero-order chi connectivity index (χ0) is 40.0. The van der Waals surface area contributed by atoms with Crippen LogP contribution in [0.3, 0.4) is 0 Å². The van der Waals surface area contributed by atoms with E-state index in [2.05, 4.69) is 30.2 Å². The van der Waals surface area contributed by atoms with E-state index in [1.54, 1.807) is 19.2 Å². The molecule has 4 aromatic heterocycles. The minimum Gasteiger partial charge on any atom is -0.377 e. The quantitative estimate of drug-likeness (QED) is 0.120. The number of rotatable bonds is 12. The second kappa shape index (κ2) is 13.5. The third kappa shape index (κ3) is 6.61. The highest BCUT2D eigenvalue weighted by Crippen LogP contribution is 2.68. The van der Waals surface area contributed by atoms with Crippen LogP contribution in [0.15, 0.2) is 36.4 Å². The first-order chi connectivity index (χ1) is 26.4. The van der Waals surface area contributed by atoms with Gasteiger partial charge in [0.25, 0.3) is 12.3 Å². The minimum atomic E-state index is -3.83. The molecule has 2 aromatic carbocycles. The molecular formula is C35H30ClF6N9O4S. The highest BCUT2D eigenvalue weighted by atomic mass is 35.5. The number of carbonyl (C=O) groups excluding carboxylic acids is 1. The van der Waals surface area contributed by atoms with E-state index in [0.717, 1.165) is 18.4 Å². The molecule has 1 fully saturated rings. The van der Waals surface area contributed by atoms with Gasteiger partial charge in [-0.25, -0.2) is 35.9 Å².